The molecule has 0 aliphatic carbocycles. The highest BCUT2D eigenvalue weighted by atomic mass is 16.4. The van der Waals surface area contributed by atoms with Crippen LogP contribution >= 0.6 is 0 Å². The predicted octanol–water partition coefficient (Wildman–Crippen LogP) is 1.53. The van der Waals surface area contributed by atoms with Gasteiger partial charge in [-0.3, -0.25) is 9.59 Å². The number of hydrogen-bond donors (Lipinski definition) is 2. The van der Waals surface area contributed by atoms with Crippen LogP contribution in [0.4, 0.5) is 0 Å². The summed E-state index contributed by atoms with van der Waals surface area (Å²) in [5.41, 5.74) is 0.0522. The third kappa shape index (κ3) is 4.12. The number of likely N-dealkylation sites (tertiary alicyclic amines) is 1. The van der Waals surface area contributed by atoms with Gasteiger partial charge in [0.1, 0.15) is 11.3 Å². The minimum absolute atomic E-state index is 0.0487. The van der Waals surface area contributed by atoms with Gasteiger partial charge in [-0.05, 0) is 18.8 Å². The molecule has 0 spiro atoms. The average molecular weight is 322 g/mol. The van der Waals surface area contributed by atoms with Crippen LogP contribution in [-0.4, -0.2) is 47.4 Å². The summed E-state index contributed by atoms with van der Waals surface area (Å²) in [4.78, 5) is 36.2. The number of aromatic carboxylic acids is 1. The number of piperidine rings is 1. The molecule has 7 nitrogen and oxygen atoms in total. The first kappa shape index (κ1) is 17.1. The molecule has 2 N–H and O–H groups in total. The number of carbonyl (C=O) groups is 3. The number of carbonyl (C=O) groups excluding carboxylic acids is 2. The Bertz CT molecular complexity index is 600. The quantitative estimate of drug-likeness (QED) is 0.856. The maximum absolute atomic E-state index is 12.4. The monoisotopic (exact) mass is 322 g/mol. The zero-order chi connectivity index (χ0) is 17.0. The molecule has 1 aromatic rings. The molecule has 126 valence electrons. The van der Waals surface area contributed by atoms with Crippen molar-refractivity contribution in [1.29, 1.82) is 0 Å². The van der Waals surface area contributed by atoms with Crippen LogP contribution in [0, 0.1) is 5.92 Å². The Balaban J connectivity index is 1.97. The van der Waals surface area contributed by atoms with Crippen molar-refractivity contribution in [1.82, 2.24) is 10.2 Å². The van der Waals surface area contributed by atoms with Crippen molar-refractivity contribution < 1.29 is 23.9 Å². The van der Waals surface area contributed by atoms with E-state index in [9.17, 15) is 14.4 Å². The molecule has 0 bridgehead atoms. The molecule has 2 rings (SSSR count). The fraction of sp³-hybridized carbons (Fsp3) is 0.562. The first-order chi connectivity index (χ1) is 10.9. The van der Waals surface area contributed by atoms with Gasteiger partial charge in [-0.25, -0.2) is 4.79 Å². The summed E-state index contributed by atoms with van der Waals surface area (Å²) >= 11 is 0. The number of nitrogens with zero attached hydrogens (tertiary/aromatic N) is 1. The van der Waals surface area contributed by atoms with Gasteiger partial charge in [-0.1, -0.05) is 6.92 Å². The summed E-state index contributed by atoms with van der Waals surface area (Å²) in [6.07, 6.45) is 2.03. The zero-order valence-corrected chi connectivity index (χ0v) is 13.4. The highest BCUT2D eigenvalue weighted by molar-refractivity contribution is 5.96. The minimum atomic E-state index is -1.08. The van der Waals surface area contributed by atoms with Crippen molar-refractivity contribution in [2.75, 3.05) is 19.6 Å². The molecular weight excluding hydrogens is 300 g/mol. The van der Waals surface area contributed by atoms with Gasteiger partial charge in [0, 0.05) is 39.0 Å². The number of carboxylic acid groups (broad SMARTS) is 1. The largest absolute Gasteiger partial charge is 0.478 e. The third-order valence-electron chi connectivity index (χ3n) is 4.11. The summed E-state index contributed by atoms with van der Waals surface area (Å²) in [6.45, 7) is 5.05. The smallest absolute Gasteiger partial charge is 0.339 e. The van der Waals surface area contributed by atoms with Gasteiger partial charge in [-0.15, -0.1) is 0 Å². The van der Waals surface area contributed by atoms with E-state index in [2.05, 4.69) is 5.32 Å². The molecule has 7 heteroatoms. The summed E-state index contributed by atoms with van der Waals surface area (Å²) in [7, 11) is 0. The fourth-order valence-corrected chi connectivity index (χ4v) is 2.76. The lowest BCUT2D eigenvalue weighted by atomic mass is 9.96. The molecule has 1 aliphatic heterocycles. The van der Waals surface area contributed by atoms with Crippen molar-refractivity contribution >= 4 is 17.8 Å². The van der Waals surface area contributed by atoms with Crippen LogP contribution in [-0.2, 0) is 11.2 Å². The molecule has 0 saturated carbocycles. The molecule has 0 atom stereocenters. The van der Waals surface area contributed by atoms with Crippen molar-refractivity contribution in [3.8, 4) is 0 Å². The molecule has 1 aliphatic rings. The van der Waals surface area contributed by atoms with E-state index in [4.69, 9.17) is 9.52 Å². The average Bonchev–Trinajstić information content (AvgIpc) is 2.97. The summed E-state index contributed by atoms with van der Waals surface area (Å²) in [6, 6.07) is 1.31. The summed E-state index contributed by atoms with van der Waals surface area (Å²) in [5.74, 6) is -0.641. The van der Waals surface area contributed by atoms with E-state index in [1.54, 1.807) is 11.8 Å². The fourth-order valence-electron chi connectivity index (χ4n) is 2.76. The predicted molar refractivity (Wildman–Crippen MR) is 82.4 cm³/mol. The molecule has 0 unspecified atom stereocenters. The topological polar surface area (TPSA) is 99.9 Å². The highest BCUT2D eigenvalue weighted by Gasteiger charge is 2.27. The Morgan fingerprint density at radius 1 is 1.35 bits per heavy atom. The third-order valence-corrected chi connectivity index (χ3v) is 4.11. The number of nitrogens with one attached hydrogen (secondary N) is 1. The van der Waals surface area contributed by atoms with E-state index in [0.29, 0.717) is 37.7 Å². The lowest BCUT2D eigenvalue weighted by Crippen LogP contribution is -2.41. The second-order valence-corrected chi connectivity index (χ2v) is 5.78. The summed E-state index contributed by atoms with van der Waals surface area (Å²) < 4.78 is 5.42. The van der Waals surface area contributed by atoms with Crippen LogP contribution < -0.4 is 5.32 Å². The number of rotatable bonds is 5. The molecular formula is C16H22N2O5. The Morgan fingerprint density at radius 2 is 2.00 bits per heavy atom. The van der Waals surface area contributed by atoms with Crippen LogP contribution in [0.1, 0.15) is 53.4 Å². The molecule has 2 heterocycles. The first-order valence-corrected chi connectivity index (χ1v) is 7.82. The zero-order valence-electron chi connectivity index (χ0n) is 13.4. The van der Waals surface area contributed by atoms with Crippen LogP contribution in [0.2, 0.25) is 0 Å². The second kappa shape index (κ2) is 7.30. The van der Waals surface area contributed by atoms with E-state index < -0.39 is 5.97 Å². The molecule has 23 heavy (non-hydrogen) atoms. The molecule has 2 amide bonds. The molecule has 1 fully saturated rings. The van der Waals surface area contributed by atoms with Gasteiger partial charge in [0.05, 0.1) is 0 Å². The van der Waals surface area contributed by atoms with E-state index >= 15 is 0 Å². The van der Waals surface area contributed by atoms with Gasteiger partial charge in [0.25, 0.3) is 5.91 Å². The molecule has 1 saturated heterocycles. The van der Waals surface area contributed by atoms with Crippen molar-refractivity contribution in [3.05, 3.63) is 23.2 Å². The molecule has 0 radical (unpaired) electrons. The molecule has 0 aromatic carbocycles. The lowest BCUT2D eigenvalue weighted by molar-refractivity contribution is -0.119. The van der Waals surface area contributed by atoms with E-state index in [1.807, 2.05) is 0 Å². The number of carboxylic acids is 1. The van der Waals surface area contributed by atoms with Gasteiger partial charge in [0.15, 0.2) is 5.76 Å². The standard InChI is InChI=1S/C16H22N2O5/c1-3-13-12(16(21)22)8-14(23-13)15(20)18-6-4-11(5-7-18)9-17-10(2)19/h8,11H,3-7,9H2,1-2H3,(H,17,19)(H,21,22). The van der Waals surface area contributed by atoms with Crippen LogP contribution in [0.5, 0.6) is 0 Å². The Kier molecular flexibility index (Phi) is 5.41. The highest BCUT2D eigenvalue weighted by Crippen LogP contribution is 2.22. The van der Waals surface area contributed by atoms with Crippen molar-refractivity contribution in [3.63, 3.8) is 0 Å². The number of aryl methyl sites for hydroxylation is 1. The van der Waals surface area contributed by atoms with E-state index in [0.717, 1.165) is 12.8 Å². The molecule has 1 aromatic heterocycles. The SMILES string of the molecule is CCc1oc(C(=O)N2CCC(CNC(C)=O)CC2)cc1C(=O)O. The second-order valence-electron chi connectivity index (χ2n) is 5.78. The van der Waals surface area contributed by atoms with Gasteiger partial charge in [-0.2, -0.15) is 0 Å². The maximum Gasteiger partial charge on any atom is 0.339 e. The van der Waals surface area contributed by atoms with Crippen molar-refractivity contribution in [2.45, 2.75) is 33.1 Å². The van der Waals surface area contributed by atoms with E-state index in [-0.39, 0.29) is 23.1 Å². The first-order valence-electron chi connectivity index (χ1n) is 7.82. The van der Waals surface area contributed by atoms with Crippen LogP contribution in [0.3, 0.4) is 0 Å². The Labute approximate surface area is 134 Å². The number of amides is 2. The maximum atomic E-state index is 12.4. The normalized spacial score (nSPS) is 15.5. The summed E-state index contributed by atoms with van der Waals surface area (Å²) in [5, 5.41) is 11.9. The van der Waals surface area contributed by atoms with Crippen molar-refractivity contribution in [2.24, 2.45) is 5.92 Å². The Hall–Kier alpha value is -2.31. The number of hydrogen-bond acceptors (Lipinski definition) is 4. The lowest BCUT2D eigenvalue weighted by Gasteiger charge is -2.31. The van der Waals surface area contributed by atoms with Crippen LogP contribution in [0.25, 0.3) is 0 Å². The Morgan fingerprint density at radius 3 is 2.48 bits per heavy atom. The van der Waals surface area contributed by atoms with Crippen LogP contribution in [0.15, 0.2) is 10.5 Å². The van der Waals surface area contributed by atoms with Gasteiger partial charge in [0.2, 0.25) is 5.91 Å². The van der Waals surface area contributed by atoms with E-state index in [1.165, 1.54) is 13.0 Å². The minimum Gasteiger partial charge on any atom is -0.478 e. The van der Waals surface area contributed by atoms with Gasteiger partial charge >= 0.3 is 5.97 Å². The number of furan rings is 1. The van der Waals surface area contributed by atoms with Gasteiger partial charge < -0.3 is 19.7 Å².